The summed E-state index contributed by atoms with van der Waals surface area (Å²) in [6.07, 6.45) is 0. The van der Waals surface area contributed by atoms with E-state index >= 15 is 0 Å². The first-order valence-corrected chi connectivity index (χ1v) is 7.10. The lowest BCUT2D eigenvalue weighted by Gasteiger charge is -2.34. The van der Waals surface area contributed by atoms with Crippen LogP contribution >= 0.6 is 0 Å². The van der Waals surface area contributed by atoms with Gasteiger partial charge in [0.15, 0.2) is 0 Å². The van der Waals surface area contributed by atoms with Crippen LogP contribution in [0.15, 0.2) is 24.3 Å². The van der Waals surface area contributed by atoms with E-state index in [0.29, 0.717) is 37.6 Å². The number of rotatable bonds is 5. The van der Waals surface area contributed by atoms with Crippen LogP contribution in [-0.4, -0.2) is 66.8 Å². The summed E-state index contributed by atoms with van der Waals surface area (Å²) in [5.41, 5.74) is 0.630. The van der Waals surface area contributed by atoms with Crippen molar-refractivity contribution in [3.63, 3.8) is 0 Å². The molecular formula is C15H22N2O3. The number of carbonyl (C=O) groups excluding carboxylic acids is 1. The van der Waals surface area contributed by atoms with E-state index in [2.05, 4.69) is 4.90 Å². The van der Waals surface area contributed by atoms with E-state index in [1.54, 1.807) is 0 Å². The molecule has 0 bridgehead atoms. The molecule has 5 nitrogen and oxygen atoms in total. The Morgan fingerprint density at radius 2 is 1.95 bits per heavy atom. The minimum atomic E-state index is 0.0256. The molecule has 0 atom stereocenters. The third kappa shape index (κ3) is 3.49. The van der Waals surface area contributed by atoms with Gasteiger partial charge in [0.25, 0.3) is 5.91 Å². The summed E-state index contributed by atoms with van der Waals surface area (Å²) < 4.78 is 5.52. The Morgan fingerprint density at radius 3 is 2.60 bits per heavy atom. The largest absolute Gasteiger partial charge is 0.493 e. The summed E-state index contributed by atoms with van der Waals surface area (Å²) in [5, 5.41) is 8.93. The first-order valence-electron chi connectivity index (χ1n) is 7.10. The van der Waals surface area contributed by atoms with Gasteiger partial charge in [0, 0.05) is 32.7 Å². The van der Waals surface area contributed by atoms with Crippen LogP contribution in [0.1, 0.15) is 17.3 Å². The van der Waals surface area contributed by atoms with Gasteiger partial charge in [-0.3, -0.25) is 9.69 Å². The molecule has 0 aliphatic carbocycles. The van der Waals surface area contributed by atoms with Crippen molar-refractivity contribution >= 4 is 5.91 Å². The Balaban J connectivity index is 2.02. The second kappa shape index (κ2) is 7.26. The average molecular weight is 278 g/mol. The lowest BCUT2D eigenvalue weighted by Crippen LogP contribution is -2.49. The number of β-amino-alcohol motifs (C(OH)–C–C–N with tert-alkyl or cyclic N) is 1. The fraction of sp³-hybridized carbons (Fsp3) is 0.533. The Morgan fingerprint density at radius 1 is 1.25 bits per heavy atom. The molecule has 0 aromatic heterocycles. The molecule has 1 amide bonds. The number of hydrogen-bond donors (Lipinski definition) is 1. The maximum atomic E-state index is 12.5. The number of para-hydroxylation sites is 1. The SMILES string of the molecule is CCOc1ccccc1C(=O)N1CCN(CCO)CC1. The molecule has 1 fully saturated rings. The normalized spacial score (nSPS) is 16.2. The highest BCUT2D eigenvalue weighted by Crippen LogP contribution is 2.20. The van der Waals surface area contributed by atoms with Gasteiger partial charge < -0.3 is 14.7 Å². The molecule has 0 unspecified atom stereocenters. The van der Waals surface area contributed by atoms with Gasteiger partial charge in [-0.25, -0.2) is 0 Å². The summed E-state index contributed by atoms with van der Waals surface area (Å²) in [6.45, 7) is 6.31. The second-order valence-corrected chi connectivity index (χ2v) is 4.79. The predicted molar refractivity (Wildman–Crippen MR) is 77.0 cm³/mol. The van der Waals surface area contributed by atoms with Crippen LogP contribution < -0.4 is 4.74 Å². The molecule has 1 aromatic carbocycles. The summed E-state index contributed by atoms with van der Waals surface area (Å²) in [4.78, 5) is 16.6. The highest BCUT2D eigenvalue weighted by atomic mass is 16.5. The number of aliphatic hydroxyl groups excluding tert-OH is 1. The van der Waals surface area contributed by atoms with Crippen LogP contribution in [-0.2, 0) is 0 Å². The zero-order valence-electron chi connectivity index (χ0n) is 11.9. The fourth-order valence-corrected chi connectivity index (χ4v) is 2.41. The van der Waals surface area contributed by atoms with Gasteiger partial charge in [0.2, 0.25) is 0 Å². The Kier molecular flexibility index (Phi) is 5.38. The first-order chi connectivity index (χ1) is 9.76. The van der Waals surface area contributed by atoms with Crippen LogP contribution in [0, 0.1) is 0 Å². The van der Waals surface area contributed by atoms with Crippen molar-refractivity contribution in [1.82, 2.24) is 9.80 Å². The monoisotopic (exact) mass is 278 g/mol. The minimum Gasteiger partial charge on any atom is -0.493 e. The van der Waals surface area contributed by atoms with Crippen molar-refractivity contribution in [1.29, 1.82) is 0 Å². The van der Waals surface area contributed by atoms with Gasteiger partial charge in [-0.2, -0.15) is 0 Å². The molecular weight excluding hydrogens is 256 g/mol. The van der Waals surface area contributed by atoms with E-state index in [-0.39, 0.29) is 12.5 Å². The van der Waals surface area contributed by atoms with E-state index in [1.165, 1.54) is 0 Å². The number of ether oxygens (including phenoxy) is 1. The van der Waals surface area contributed by atoms with Crippen LogP contribution in [0.25, 0.3) is 0 Å². The molecule has 1 heterocycles. The smallest absolute Gasteiger partial charge is 0.257 e. The summed E-state index contributed by atoms with van der Waals surface area (Å²) in [6, 6.07) is 7.38. The Bertz CT molecular complexity index is 442. The number of nitrogens with zero attached hydrogens (tertiary/aromatic N) is 2. The lowest BCUT2D eigenvalue weighted by molar-refractivity contribution is 0.0611. The summed E-state index contributed by atoms with van der Waals surface area (Å²) in [5.74, 6) is 0.676. The van der Waals surface area contributed by atoms with Gasteiger partial charge in [-0.05, 0) is 19.1 Å². The average Bonchev–Trinajstić information content (AvgIpc) is 2.49. The van der Waals surface area contributed by atoms with Crippen LogP contribution in [0.3, 0.4) is 0 Å². The van der Waals surface area contributed by atoms with Gasteiger partial charge >= 0.3 is 0 Å². The van der Waals surface area contributed by atoms with Gasteiger partial charge in [0.1, 0.15) is 5.75 Å². The number of benzene rings is 1. The Hall–Kier alpha value is -1.59. The predicted octanol–water partition coefficient (Wildman–Crippen LogP) is 0.835. The number of aliphatic hydroxyl groups is 1. The molecule has 1 aliphatic rings. The zero-order valence-corrected chi connectivity index (χ0v) is 11.9. The van der Waals surface area contributed by atoms with E-state index in [9.17, 15) is 4.79 Å². The molecule has 110 valence electrons. The third-order valence-corrected chi connectivity index (χ3v) is 3.49. The number of hydrogen-bond acceptors (Lipinski definition) is 4. The molecule has 1 saturated heterocycles. The molecule has 1 N–H and O–H groups in total. The quantitative estimate of drug-likeness (QED) is 0.867. The fourth-order valence-electron chi connectivity index (χ4n) is 2.41. The van der Waals surface area contributed by atoms with Crippen LogP contribution in [0.4, 0.5) is 0 Å². The molecule has 20 heavy (non-hydrogen) atoms. The van der Waals surface area contributed by atoms with Crippen molar-refractivity contribution in [3.8, 4) is 5.75 Å². The van der Waals surface area contributed by atoms with Crippen molar-refractivity contribution in [3.05, 3.63) is 29.8 Å². The highest BCUT2D eigenvalue weighted by Gasteiger charge is 2.23. The van der Waals surface area contributed by atoms with Crippen LogP contribution in [0.5, 0.6) is 5.75 Å². The molecule has 2 rings (SSSR count). The molecule has 0 spiro atoms. The number of carbonyl (C=O) groups is 1. The van der Waals surface area contributed by atoms with E-state index in [0.717, 1.165) is 13.1 Å². The molecule has 1 aliphatic heterocycles. The maximum Gasteiger partial charge on any atom is 0.257 e. The second-order valence-electron chi connectivity index (χ2n) is 4.79. The van der Waals surface area contributed by atoms with E-state index < -0.39 is 0 Å². The zero-order chi connectivity index (χ0) is 14.4. The van der Waals surface area contributed by atoms with Crippen molar-refractivity contribution < 1.29 is 14.6 Å². The van der Waals surface area contributed by atoms with Crippen molar-refractivity contribution in [2.24, 2.45) is 0 Å². The lowest BCUT2D eigenvalue weighted by atomic mass is 10.1. The molecule has 0 radical (unpaired) electrons. The van der Waals surface area contributed by atoms with Crippen LogP contribution in [0.2, 0.25) is 0 Å². The number of piperazine rings is 1. The highest BCUT2D eigenvalue weighted by molar-refractivity contribution is 5.97. The minimum absolute atomic E-state index is 0.0256. The molecule has 1 aromatic rings. The number of amides is 1. The molecule has 5 heteroatoms. The van der Waals surface area contributed by atoms with Gasteiger partial charge in [-0.15, -0.1) is 0 Å². The van der Waals surface area contributed by atoms with Crippen molar-refractivity contribution in [2.75, 3.05) is 45.9 Å². The van der Waals surface area contributed by atoms with E-state index in [1.807, 2.05) is 36.1 Å². The van der Waals surface area contributed by atoms with E-state index in [4.69, 9.17) is 9.84 Å². The standard InChI is InChI=1S/C15H22N2O3/c1-2-20-14-6-4-3-5-13(14)15(19)17-9-7-16(8-10-17)11-12-18/h3-6,18H,2,7-12H2,1H3. The third-order valence-electron chi connectivity index (χ3n) is 3.49. The van der Waals surface area contributed by atoms with Gasteiger partial charge in [-0.1, -0.05) is 12.1 Å². The summed E-state index contributed by atoms with van der Waals surface area (Å²) in [7, 11) is 0. The van der Waals surface area contributed by atoms with Crippen molar-refractivity contribution in [2.45, 2.75) is 6.92 Å². The first kappa shape index (κ1) is 14.8. The Labute approximate surface area is 119 Å². The maximum absolute atomic E-state index is 12.5. The topological polar surface area (TPSA) is 53.0 Å². The van der Waals surface area contributed by atoms with Gasteiger partial charge in [0.05, 0.1) is 18.8 Å². The summed E-state index contributed by atoms with van der Waals surface area (Å²) >= 11 is 0. The molecule has 0 saturated carbocycles.